The highest BCUT2D eigenvalue weighted by molar-refractivity contribution is 7.17. The summed E-state index contributed by atoms with van der Waals surface area (Å²) in [5, 5.41) is 17.7. The first-order chi connectivity index (χ1) is 13.3. The third-order valence-electron chi connectivity index (χ3n) is 4.43. The number of aliphatic hydroxyl groups is 1. The highest BCUT2D eigenvalue weighted by Crippen LogP contribution is 2.35. The van der Waals surface area contributed by atoms with Gasteiger partial charge in [0.05, 0.1) is 28.8 Å². The zero-order chi connectivity index (χ0) is 20.3. The number of aliphatic hydroxyl groups excluding tert-OH is 1. The summed E-state index contributed by atoms with van der Waals surface area (Å²) >= 11 is 8.08. The average Bonchev–Trinajstić information content (AvgIpc) is 3.09. The van der Waals surface area contributed by atoms with Gasteiger partial charge in [0.2, 0.25) is 5.96 Å². The van der Waals surface area contributed by atoms with Gasteiger partial charge in [-0.1, -0.05) is 41.1 Å². The summed E-state index contributed by atoms with van der Waals surface area (Å²) in [7, 11) is 0. The average molecular weight is 420 g/mol. The summed E-state index contributed by atoms with van der Waals surface area (Å²) in [5.41, 5.74) is 1.41. The van der Waals surface area contributed by atoms with Crippen LogP contribution < -0.4 is 10.6 Å². The van der Waals surface area contributed by atoms with Crippen molar-refractivity contribution in [3.63, 3.8) is 0 Å². The zero-order valence-corrected chi connectivity index (χ0v) is 18.1. The number of aromatic nitrogens is 1. The van der Waals surface area contributed by atoms with Gasteiger partial charge in [0.25, 0.3) is 0 Å². The second-order valence-corrected chi connectivity index (χ2v) is 8.92. The van der Waals surface area contributed by atoms with Gasteiger partial charge >= 0.3 is 0 Å². The van der Waals surface area contributed by atoms with E-state index in [1.54, 1.807) is 11.3 Å². The highest BCUT2D eigenvalue weighted by Gasteiger charge is 2.36. The minimum atomic E-state index is -0.473. The van der Waals surface area contributed by atoms with Gasteiger partial charge in [0.1, 0.15) is 0 Å². The molecule has 0 bridgehead atoms. The largest absolute Gasteiger partial charge is 0.394 e. The molecule has 1 aromatic heterocycles. The van der Waals surface area contributed by atoms with Crippen LogP contribution in [0.2, 0.25) is 5.02 Å². The second kappa shape index (κ2) is 8.59. The van der Waals surface area contributed by atoms with Crippen molar-refractivity contribution < 1.29 is 5.11 Å². The normalized spacial score (nSPS) is 22.1. The summed E-state index contributed by atoms with van der Waals surface area (Å²) in [6.45, 7) is 8.07. The molecule has 0 fully saturated rings. The maximum absolute atomic E-state index is 9.41. The molecule has 0 saturated heterocycles. The first-order valence-electron chi connectivity index (χ1n) is 9.33. The molecule has 0 radical (unpaired) electrons. The molecule has 1 aliphatic rings. The van der Waals surface area contributed by atoms with E-state index in [1.807, 2.05) is 37.4 Å². The van der Waals surface area contributed by atoms with Crippen molar-refractivity contribution in [1.29, 1.82) is 0 Å². The molecule has 28 heavy (non-hydrogen) atoms. The molecule has 6 nitrogen and oxygen atoms in total. The van der Waals surface area contributed by atoms with Gasteiger partial charge in [-0.15, -0.1) is 0 Å². The first-order valence-corrected chi connectivity index (χ1v) is 10.5. The van der Waals surface area contributed by atoms with E-state index in [2.05, 4.69) is 41.4 Å². The van der Waals surface area contributed by atoms with Crippen LogP contribution in [0, 0.1) is 0 Å². The van der Waals surface area contributed by atoms with Crippen molar-refractivity contribution in [3.8, 4) is 0 Å². The van der Waals surface area contributed by atoms with Gasteiger partial charge in [-0.3, -0.25) is 0 Å². The van der Waals surface area contributed by atoms with Gasteiger partial charge in [0.15, 0.2) is 5.13 Å². The number of nitrogens with one attached hydrogen (secondary N) is 2. The van der Waals surface area contributed by atoms with Crippen LogP contribution in [-0.4, -0.2) is 40.5 Å². The Bertz CT molecular complexity index is 894. The molecule has 2 heterocycles. The lowest BCUT2D eigenvalue weighted by Crippen LogP contribution is -2.48. The van der Waals surface area contributed by atoms with Gasteiger partial charge in [-0.2, -0.15) is 0 Å². The predicted molar refractivity (Wildman–Crippen MR) is 118 cm³/mol. The summed E-state index contributed by atoms with van der Waals surface area (Å²) in [6, 6.07) is 7.86. The third-order valence-corrected chi connectivity index (χ3v) is 5.73. The van der Waals surface area contributed by atoms with Crippen LogP contribution in [0.5, 0.6) is 0 Å². The smallest absolute Gasteiger partial charge is 0.219 e. The molecule has 0 saturated carbocycles. The summed E-state index contributed by atoms with van der Waals surface area (Å²) in [6.07, 6.45) is 2.49. The number of guanidine groups is 1. The monoisotopic (exact) mass is 419 g/mol. The van der Waals surface area contributed by atoms with Crippen molar-refractivity contribution in [2.24, 2.45) is 9.98 Å². The highest BCUT2D eigenvalue weighted by atomic mass is 35.5. The van der Waals surface area contributed by atoms with Crippen LogP contribution in [0.4, 0.5) is 5.13 Å². The van der Waals surface area contributed by atoms with E-state index >= 15 is 0 Å². The van der Waals surface area contributed by atoms with Crippen molar-refractivity contribution in [3.05, 3.63) is 45.9 Å². The lowest BCUT2D eigenvalue weighted by atomic mass is 9.85. The number of hydrogen-bond acceptors (Lipinski definition) is 5. The van der Waals surface area contributed by atoms with Crippen LogP contribution >= 0.6 is 22.9 Å². The van der Waals surface area contributed by atoms with Crippen LogP contribution in [-0.2, 0) is 5.54 Å². The number of halogens is 1. The quantitative estimate of drug-likeness (QED) is 0.659. The second-order valence-electron chi connectivity index (χ2n) is 7.49. The molecule has 2 aromatic rings. The number of rotatable bonds is 6. The zero-order valence-electron chi connectivity index (χ0n) is 16.5. The topological polar surface area (TPSA) is 81.9 Å². The molecule has 2 atom stereocenters. The summed E-state index contributed by atoms with van der Waals surface area (Å²) in [5.74, 6) is 0.497. The van der Waals surface area contributed by atoms with Crippen LogP contribution in [0.15, 0.2) is 40.4 Å². The van der Waals surface area contributed by atoms with Crippen molar-refractivity contribution in [1.82, 2.24) is 10.3 Å². The van der Waals surface area contributed by atoms with E-state index in [0.717, 1.165) is 21.3 Å². The van der Waals surface area contributed by atoms with Gasteiger partial charge in [-0.25, -0.2) is 15.0 Å². The predicted octanol–water partition coefficient (Wildman–Crippen LogP) is 4.05. The third kappa shape index (κ3) is 4.71. The van der Waals surface area contributed by atoms with Gasteiger partial charge in [0, 0.05) is 23.7 Å². The molecule has 3 N–H and O–H groups in total. The number of benzene rings is 1. The molecule has 3 rings (SSSR count). The number of hydrogen-bond donors (Lipinski definition) is 3. The van der Waals surface area contributed by atoms with E-state index in [9.17, 15) is 5.11 Å². The van der Waals surface area contributed by atoms with Crippen molar-refractivity contribution in [2.75, 3.05) is 11.9 Å². The number of thiazole rings is 1. The Labute approximate surface area is 174 Å². The fourth-order valence-electron chi connectivity index (χ4n) is 3.07. The molecule has 0 aliphatic carbocycles. The molecule has 1 aromatic carbocycles. The first kappa shape index (κ1) is 20.8. The maximum atomic E-state index is 9.41. The van der Waals surface area contributed by atoms with Crippen molar-refractivity contribution >= 4 is 39.7 Å². The maximum Gasteiger partial charge on any atom is 0.219 e. The fourth-order valence-corrected chi connectivity index (χ4v) is 4.36. The van der Waals surface area contributed by atoms with Gasteiger partial charge < -0.3 is 15.7 Å². The SMILES string of the molecule is CC(C)Nc1ncc(C2=NC(=N[C@H](C)CO)NC(C)(c3ccccc3Cl)C2)s1. The Morgan fingerprint density at radius 2 is 2.11 bits per heavy atom. The standard InChI is InChI=1S/C20H26ClN5OS/c1-12(2)23-19-22-10-17(28-19)16-9-20(4,14-7-5-6-8-15(14)21)26-18(25-16)24-13(3)11-27/h5-8,10,12-13,27H,9,11H2,1-4H3,(H,22,23)(H,24,26)/t13-,20?/m1/s1. The van der Waals surface area contributed by atoms with E-state index in [1.165, 1.54) is 0 Å². The molecule has 0 amide bonds. The number of nitrogens with zero attached hydrogens (tertiary/aromatic N) is 3. The lowest BCUT2D eigenvalue weighted by Gasteiger charge is -2.36. The summed E-state index contributed by atoms with van der Waals surface area (Å²) < 4.78 is 0. The van der Waals surface area contributed by atoms with Crippen molar-refractivity contribution in [2.45, 2.75) is 51.7 Å². The molecule has 8 heteroatoms. The number of anilines is 1. The fraction of sp³-hybridized carbons (Fsp3) is 0.450. The molecular weight excluding hydrogens is 394 g/mol. The minimum absolute atomic E-state index is 0.0398. The molecule has 1 unspecified atom stereocenters. The Morgan fingerprint density at radius 3 is 2.79 bits per heavy atom. The van der Waals surface area contributed by atoms with E-state index in [0.29, 0.717) is 23.4 Å². The molecular formula is C20H26ClN5OS. The van der Waals surface area contributed by atoms with E-state index in [4.69, 9.17) is 16.6 Å². The van der Waals surface area contributed by atoms with Crippen LogP contribution in [0.3, 0.4) is 0 Å². The Morgan fingerprint density at radius 1 is 1.36 bits per heavy atom. The molecule has 0 spiro atoms. The van der Waals surface area contributed by atoms with E-state index < -0.39 is 5.54 Å². The summed E-state index contributed by atoms with van der Waals surface area (Å²) in [4.78, 5) is 14.7. The molecule has 150 valence electrons. The van der Waals surface area contributed by atoms with Gasteiger partial charge in [-0.05, 0) is 39.3 Å². The Balaban J connectivity index is 2.01. The minimum Gasteiger partial charge on any atom is -0.394 e. The van der Waals surface area contributed by atoms with E-state index in [-0.39, 0.29) is 12.6 Å². The Kier molecular flexibility index (Phi) is 6.37. The number of aliphatic imine (C=N–C) groups is 2. The van der Waals surface area contributed by atoms with Crippen LogP contribution in [0.25, 0.3) is 0 Å². The Hall–Kier alpha value is -1.96. The molecule has 1 aliphatic heterocycles. The van der Waals surface area contributed by atoms with Crippen LogP contribution in [0.1, 0.15) is 44.6 Å². The lowest BCUT2D eigenvalue weighted by molar-refractivity contribution is 0.273.